The predicted octanol–water partition coefficient (Wildman–Crippen LogP) is 0.998. The van der Waals surface area contributed by atoms with Gasteiger partial charge >= 0.3 is 0 Å². The third-order valence-electron chi connectivity index (χ3n) is 4.30. The highest BCUT2D eigenvalue weighted by atomic mass is 32.2. The van der Waals surface area contributed by atoms with Crippen LogP contribution >= 0.6 is 0 Å². The standard InChI is InChI=1S/C15H25N3O4S/c1-11-5-3-4-6-14(11)22-8-7-17-23(20,21)12-9-13(15(16)19)18(2)10-12/h9-11,14,17H,3-8H2,1-2H3,(H2,16,19)/t11-,14+/m0/s1. The number of aryl methyl sites for hydroxylation is 1. The van der Waals surface area contributed by atoms with Crippen LogP contribution in [-0.4, -0.2) is 38.1 Å². The average Bonchev–Trinajstić information content (AvgIpc) is 2.88. The molecular weight excluding hydrogens is 318 g/mol. The zero-order valence-electron chi connectivity index (χ0n) is 13.6. The zero-order valence-corrected chi connectivity index (χ0v) is 14.4. The number of sulfonamides is 1. The lowest BCUT2D eigenvalue weighted by Gasteiger charge is -2.28. The van der Waals surface area contributed by atoms with Crippen LogP contribution in [0.2, 0.25) is 0 Å². The maximum atomic E-state index is 12.2. The molecule has 1 aromatic rings. The number of nitrogens with two attached hydrogens (primary N) is 1. The molecule has 3 N–H and O–H groups in total. The van der Waals surface area contributed by atoms with Crippen LogP contribution in [0.4, 0.5) is 0 Å². The summed E-state index contributed by atoms with van der Waals surface area (Å²) in [6.07, 6.45) is 6.19. The quantitative estimate of drug-likeness (QED) is 0.721. The smallest absolute Gasteiger partial charge is 0.265 e. The van der Waals surface area contributed by atoms with Crippen molar-refractivity contribution < 1.29 is 17.9 Å². The maximum Gasteiger partial charge on any atom is 0.265 e. The van der Waals surface area contributed by atoms with Gasteiger partial charge < -0.3 is 15.0 Å². The fraction of sp³-hybridized carbons (Fsp3) is 0.667. The van der Waals surface area contributed by atoms with Crippen LogP contribution in [0.3, 0.4) is 0 Å². The molecule has 0 aromatic carbocycles. The molecule has 0 saturated heterocycles. The number of primary amides is 1. The first-order chi connectivity index (χ1) is 10.8. The number of hydrogen-bond donors (Lipinski definition) is 2. The van der Waals surface area contributed by atoms with Gasteiger partial charge in [0.2, 0.25) is 10.0 Å². The van der Waals surface area contributed by atoms with E-state index in [4.69, 9.17) is 10.5 Å². The molecule has 8 heteroatoms. The summed E-state index contributed by atoms with van der Waals surface area (Å²) in [6, 6.07) is 1.27. The number of ether oxygens (including phenoxy) is 1. The van der Waals surface area contributed by atoms with Gasteiger partial charge in [-0.2, -0.15) is 0 Å². The summed E-state index contributed by atoms with van der Waals surface area (Å²) in [4.78, 5) is 11.2. The number of nitrogens with zero attached hydrogens (tertiary/aromatic N) is 1. The molecule has 1 fully saturated rings. The highest BCUT2D eigenvalue weighted by Crippen LogP contribution is 2.26. The molecule has 0 radical (unpaired) electrons. The Morgan fingerprint density at radius 2 is 2.13 bits per heavy atom. The van der Waals surface area contributed by atoms with E-state index in [-0.39, 0.29) is 23.2 Å². The highest BCUT2D eigenvalue weighted by molar-refractivity contribution is 7.89. The van der Waals surface area contributed by atoms with Gasteiger partial charge in [-0.15, -0.1) is 0 Å². The van der Waals surface area contributed by atoms with E-state index in [0.717, 1.165) is 12.8 Å². The summed E-state index contributed by atoms with van der Waals surface area (Å²) in [6.45, 7) is 2.71. The Morgan fingerprint density at radius 1 is 1.43 bits per heavy atom. The summed E-state index contributed by atoms with van der Waals surface area (Å²) in [5.41, 5.74) is 5.34. The molecule has 130 valence electrons. The minimum atomic E-state index is -3.67. The van der Waals surface area contributed by atoms with Crippen LogP contribution in [0.25, 0.3) is 0 Å². The summed E-state index contributed by atoms with van der Waals surface area (Å²) in [5.74, 6) is -0.142. The average molecular weight is 343 g/mol. The molecule has 0 spiro atoms. The van der Waals surface area contributed by atoms with Crippen LogP contribution in [-0.2, 0) is 21.8 Å². The normalized spacial score (nSPS) is 22.2. The summed E-state index contributed by atoms with van der Waals surface area (Å²) in [5, 5.41) is 0. The Hall–Kier alpha value is -1.38. The van der Waals surface area contributed by atoms with Crippen molar-refractivity contribution in [3.8, 4) is 0 Å². The molecular formula is C15H25N3O4S. The van der Waals surface area contributed by atoms with Crippen LogP contribution in [0, 0.1) is 5.92 Å². The largest absolute Gasteiger partial charge is 0.377 e. The topological polar surface area (TPSA) is 103 Å². The monoisotopic (exact) mass is 343 g/mol. The lowest BCUT2D eigenvalue weighted by atomic mass is 9.88. The fourth-order valence-corrected chi connectivity index (χ4v) is 4.01. The molecule has 1 saturated carbocycles. The Morgan fingerprint density at radius 3 is 2.74 bits per heavy atom. The molecule has 1 aliphatic rings. The number of rotatable bonds is 7. The Kier molecular flexibility index (Phi) is 5.83. The highest BCUT2D eigenvalue weighted by Gasteiger charge is 2.22. The maximum absolute atomic E-state index is 12.2. The van der Waals surface area contributed by atoms with Crippen molar-refractivity contribution in [3.63, 3.8) is 0 Å². The molecule has 1 amide bonds. The molecule has 23 heavy (non-hydrogen) atoms. The molecule has 0 aliphatic heterocycles. The summed E-state index contributed by atoms with van der Waals surface area (Å²) < 4.78 is 34.1. The fourth-order valence-electron chi connectivity index (χ4n) is 2.93. The second kappa shape index (κ2) is 7.46. The molecule has 7 nitrogen and oxygen atoms in total. The summed E-state index contributed by atoms with van der Waals surface area (Å²) in [7, 11) is -2.09. The van der Waals surface area contributed by atoms with E-state index < -0.39 is 15.9 Å². The molecule has 1 aromatic heterocycles. The van der Waals surface area contributed by atoms with Gasteiger partial charge in [0.15, 0.2) is 0 Å². The number of carbonyl (C=O) groups is 1. The Labute approximate surface area is 137 Å². The first-order valence-corrected chi connectivity index (χ1v) is 9.37. The molecule has 2 rings (SSSR count). The second-order valence-electron chi connectivity index (χ2n) is 6.10. The van der Waals surface area contributed by atoms with E-state index in [0.29, 0.717) is 12.5 Å². The molecule has 2 atom stereocenters. The van der Waals surface area contributed by atoms with Crippen molar-refractivity contribution >= 4 is 15.9 Å². The van der Waals surface area contributed by atoms with Gasteiger partial charge in [0.25, 0.3) is 5.91 Å². The van der Waals surface area contributed by atoms with Crippen molar-refractivity contribution in [3.05, 3.63) is 18.0 Å². The predicted molar refractivity (Wildman–Crippen MR) is 86.5 cm³/mol. The van der Waals surface area contributed by atoms with Crippen LogP contribution < -0.4 is 10.5 Å². The van der Waals surface area contributed by atoms with E-state index in [9.17, 15) is 13.2 Å². The first-order valence-electron chi connectivity index (χ1n) is 7.88. The molecule has 1 aliphatic carbocycles. The van der Waals surface area contributed by atoms with Crippen LogP contribution in [0.15, 0.2) is 17.2 Å². The van der Waals surface area contributed by atoms with Crippen molar-refractivity contribution in [2.45, 2.75) is 43.6 Å². The number of hydrogen-bond acceptors (Lipinski definition) is 4. The van der Waals surface area contributed by atoms with Gasteiger partial charge in [-0.05, 0) is 24.8 Å². The third kappa shape index (κ3) is 4.55. The van der Waals surface area contributed by atoms with E-state index in [1.165, 1.54) is 29.7 Å². The molecule has 1 heterocycles. The van der Waals surface area contributed by atoms with Crippen LogP contribution in [0.1, 0.15) is 43.1 Å². The lowest BCUT2D eigenvalue weighted by Crippen LogP contribution is -2.31. The second-order valence-corrected chi connectivity index (χ2v) is 7.87. The third-order valence-corrected chi connectivity index (χ3v) is 5.73. The minimum Gasteiger partial charge on any atom is -0.377 e. The van der Waals surface area contributed by atoms with Crippen LogP contribution in [0.5, 0.6) is 0 Å². The SMILES string of the molecule is C[C@H]1CCCC[C@H]1OCCNS(=O)(=O)c1cc(C(N)=O)n(C)c1. The lowest BCUT2D eigenvalue weighted by molar-refractivity contribution is -0.00176. The van der Waals surface area contributed by atoms with Gasteiger partial charge in [-0.1, -0.05) is 19.8 Å². The van der Waals surface area contributed by atoms with E-state index >= 15 is 0 Å². The number of nitrogens with one attached hydrogen (secondary N) is 1. The van der Waals surface area contributed by atoms with Crippen molar-refractivity contribution in [1.29, 1.82) is 0 Å². The van der Waals surface area contributed by atoms with Gasteiger partial charge in [0.05, 0.1) is 12.7 Å². The Balaban J connectivity index is 1.86. The van der Waals surface area contributed by atoms with Crippen molar-refractivity contribution in [1.82, 2.24) is 9.29 Å². The molecule has 0 bridgehead atoms. The van der Waals surface area contributed by atoms with Crippen molar-refractivity contribution in [2.24, 2.45) is 18.7 Å². The first kappa shape index (κ1) is 18.0. The number of carbonyl (C=O) groups excluding carboxylic acids is 1. The van der Waals surface area contributed by atoms with E-state index in [2.05, 4.69) is 11.6 Å². The van der Waals surface area contributed by atoms with Gasteiger partial charge in [-0.3, -0.25) is 4.79 Å². The van der Waals surface area contributed by atoms with Gasteiger partial charge in [0.1, 0.15) is 10.6 Å². The van der Waals surface area contributed by atoms with E-state index in [1.54, 1.807) is 7.05 Å². The summed E-state index contributed by atoms with van der Waals surface area (Å²) >= 11 is 0. The van der Waals surface area contributed by atoms with Gasteiger partial charge in [0, 0.05) is 19.8 Å². The number of aromatic nitrogens is 1. The Bertz CT molecular complexity index is 654. The minimum absolute atomic E-state index is 0.0276. The van der Waals surface area contributed by atoms with Crippen molar-refractivity contribution in [2.75, 3.05) is 13.2 Å². The van der Waals surface area contributed by atoms with Gasteiger partial charge in [-0.25, -0.2) is 13.1 Å². The zero-order chi connectivity index (χ0) is 17.0. The van der Waals surface area contributed by atoms with E-state index in [1.807, 2.05) is 0 Å². The number of amides is 1. The molecule has 0 unspecified atom stereocenters.